The highest BCUT2D eigenvalue weighted by atomic mass is 32.2. The van der Waals surface area contributed by atoms with Crippen LogP contribution in [0.5, 0.6) is 0 Å². The number of carbonyl (C=O) groups is 1. The van der Waals surface area contributed by atoms with Crippen molar-refractivity contribution in [1.29, 1.82) is 0 Å². The number of hydrogen-bond acceptors (Lipinski definition) is 3. The van der Waals surface area contributed by atoms with Crippen molar-refractivity contribution >= 4 is 27.3 Å². The van der Waals surface area contributed by atoms with E-state index in [0.29, 0.717) is 16.9 Å². The van der Waals surface area contributed by atoms with Crippen molar-refractivity contribution in [2.45, 2.75) is 31.1 Å². The smallest absolute Gasteiger partial charge is 0.265 e. The zero-order valence-electron chi connectivity index (χ0n) is 16.8. The van der Waals surface area contributed by atoms with E-state index >= 15 is 0 Å². The summed E-state index contributed by atoms with van der Waals surface area (Å²) in [6.45, 7) is 1.87. The number of rotatable bonds is 6. The standard InChI is InChI=1S/C24H24N2O3S/c1-2-3-8-18-13-15-19(16-14-18)25-24(27)17-26-22-11-6-4-9-20(22)21-10-5-7-12-23(21)30(26,28)29/h4-7,9-16H,2-3,8,17H2,1H3,(H,25,27). The number of nitrogens with zero attached hydrogens (tertiary/aromatic N) is 1. The first-order valence-electron chi connectivity index (χ1n) is 10.1. The van der Waals surface area contributed by atoms with Gasteiger partial charge in [-0.15, -0.1) is 0 Å². The van der Waals surface area contributed by atoms with Crippen LogP contribution in [0.1, 0.15) is 25.3 Å². The Morgan fingerprint density at radius 1 is 0.900 bits per heavy atom. The number of nitrogens with one attached hydrogen (secondary N) is 1. The van der Waals surface area contributed by atoms with Crippen LogP contribution in [0.4, 0.5) is 11.4 Å². The Hall–Kier alpha value is -3.12. The molecule has 0 spiro atoms. The van der Waals surface area contributed by atoms with Gasteiger partial charge in [-0.25, -0.2) is 8.42 Å². The van der Waals surface area contributed by atoms with Crippen molar-refractivity contribution in [2.24, 2.45) is 0 Å². The van der Waals surface area contributed by atoms with Crippen LogP contribution in [0.25, 0.3) is 11.1 Å². The molecule has 6 heteroatoms. The monoisotopic (exact) mass is 420 g/mol. The second-order valence-electron chi connectivity index (χ2n) is 7.37. The van der Waals surface area contributed by atoms with Gasteiger partial charge in [0.1, 0.15) is 6.54 Å². The summed E-state index contributed by atoms with van der Waals surface area (Å²) in [4.78, 5) is 12.9. The molecule has 1 N–H and O–H groups in total. The lowest BCUT2D eigenvalue weighted by molar-refractivity contribution is -0.114. The van der Waals surface area contributed by atoms with Crippen molar-refractivity contribution < 1.29 is 13.2 Å². The van der Waals surface area contributed by atoms with E-state index in [0.717, 1.165) is 24.8 Å². The maximum absolute atomic E-state index is 13.2. The molecular formula is C24H24N2O3S. The number of unbranched alkanes of at least 4 members (excludes halogenated alkanes) is 1. The van der Waals surface area contributed by atoms with Crippen LogP contribution in [-0.4, -0.2) is 20.9 Å². The minimum absolute atomic E-state index is 0.219. The number of aryl methyl sites for hydroxylation is 1. The predicted octanol–water partition coefficient (Wildman–Crippen LogP) is 4.84. The first kappa shape index (κ1) is 20.2. The number of anilines is 2. The van der Waals surface area contributed by atoms with Gasteiger partial charge in [-0.1, -0.05) is 61.9 Å². The lowest BCUT2D eigenvalue weighted by Gasteiger charge is -2.31. The summed E-state index contributed by atoms with van der Waals surface area (Å²) in [7, 11) is -3.83. The maximum atomic E-state index is 13.2. The molecule has 5 nitrogen and oxygen atoms in total. The van der Waals surface area contributed by atoms with Crippen LogP contribution in [-0.2, 0) is 21.2 Å². The van der Waals surface area contributed by atoms with E-state index in [9.17, 15) is 13.2 Å². The molecule has 0 bridgehead atoms. The Kier molecular flexibility index (Phi) is 5.59. The molecule has 3 aromatic rings. The molecule has 4 rings (SSSR count). The van der Waals surface area contributed by atoms with Gasteiger partial charge in [0.2, 0.25) is 5.91 Å². The van der Waals surface area contributed by atoms with Gasteiger partial charge in [-0.05, 0) is 42.7 Å². The molecule has 1 amide bonds. The summed E-state index contributed by atoms with van der Waals surface area (Å²) in [6.07, 6.45) is 3.26. The van der Waals surface area contributed by atoms with E-state index in [2.05, 4.69) is 12.2 Å². The molecule has 0 saturated carbocycles. The second-order valence-corrected chi connectivity index (χ2v) is 9.20. The topological polar surface area (TPSA) is 66.5 Å². The summed E-state index contributed by atoms with van der Waals surface area (Å²) in [6, 6.07) is 21.9. The van der Waals surface area contributed by atoms with Gasteiger partial charge in [0.05, 0.1) is 10.6 Å². The molecule has 0 aromatic heterocycles. The number of para-hydroxylation sites is 1. The van der Waals surface area contributed by atoms with Gasteiger partial charge >= 0.3 is 0 Å². The highest BCUT2D eigenvalue weighted by molar-refractivity contribution is 7.93. The van der Waals surface area contributed by atoms with Gasteiger partial charge in [-0.3, -0.25) is 9.10 Å². The van der Waals surface area contributed by atoms with Crippen molar-refractivity contribution in [3.63, 3.8) is 0 Å². The molecule has 1 heterocycles. The molecule has 0 radical (unpaired) electrons. The molecule has 3 aromatic carbocycles. The van der Waals surface area contributed by atoms with Crippen LogP contribution in [0.15, 0.2) is 77.7 Å². The van der Waals surface area contributed by atoms with Crippen molar-refractivity contribution in [2.75, 3.05) is 16.2 Å². The third-order valence-corrected chi connectivity index (χ3v) is 7.08. The zero-order valence-corrected chi connectivity index (χ0v) is 17.7. The van der Waals surface area contributed by atoms with E-state index in [1.165, 1.54) is 9.87 Å². The Morgan fingerprint density at radius 3 is 2.30 bits per heavy atom. The number of amides is 1. The van der Waals surface area contributed by atoms with Crippen molar-refractivity contribution in [3.05, 3.63) is 78.4 Å². The summed E-state index contributed by atoms with van der Waals surface area (Å²) < 4.78 is 27.7. The number of hydrogen-bond donors (Lipinski definition) is 1. The SMILES string of the molecule is CCCCc1ccc(NC(=O)CN2c3ccccc3-c3ccccc3S2(=O)=O)cc1. The fraction of sp³-hybridized carbons (Fsp3) is 0.208. The normalized spacial score (nSPS) is 14.0. The fourth-order valence-electron chi connectivity index (χ4n) is 3.72. The van der Waals surface area contributed by atoms with E-state index in [-0.39, 0.29) is 17.3 Å². The molecular weight excluding hydrogens is 396 g/mol. The number of carbonyl (C=O) groups excluding carboxylic acids is 1. The molecule has 0 fully saturated rings. The van der Waals surface area contributed by atoms with Crippen LogP contribution >= 0.6 is 0 Å². The average Bonchev–Trinajstić information content (AvgIpc) is 2.76. The minimum Gasteiger partial charge on any atom is -0.325 e. The Bertz CT molecular complexity index is 1170. The van der Waals surface area contributed by atoms with Crippen molar-refractivity contribution in [3.8, 4) is 11.1 Å². The fourth-order valence-corrected chi connectivity index (χ4v) is 5.37. The quantitative estimate of drug-likeness (QED) is 0.620. The summed E-state index contributed by atoms with van der Waals surface area (Å²) in [5, 5.41) is 2.82. The third-order valence-electron chi connectivity index (χ3n) is 5.26. The van der Waals surface area contributed by atoms with E-state index in [1.54, 1.807) is 30.3 Å². The number of fused-ring (bicyclic) bond motifs is 3. The Morgan fingerprint density at radius 2 is 1.57 bits per heavy atom. The van der Waals surface area contributed by atoms with Crippen molar-refractivity contribution in [1.82, 2.24) is 0 Å². The van der Waals surface area contributed by atoms with Gasteiger partial charge < -0.3 is 5.32 Å². The van der Waals surface area contributed by atoms with Gasteiger partial charge in [0.25, 0.3) is 10.0 Å². The van der Waals surface area contributed by atoms with Gasteiger partial charge in [-0.2, -0.15) is 0 Å². The van der Waals surface area contributed by atoms with Crippen LogP contribution in [0.3, 0.4) is 0 Å². The first-order chi connectivity index (χ1) is 14.5. The van der Waals surface area contributed by atoms with E-state index < -0.39 is 10.0 Å². The number of benzene rings is 3. The summed E-state index contributed by atoms with van der Waals surface area (Å²) in [5.41, 5.74) is 3.85. The molecule has 1 aliphatic heterocycles. The molecule has 0 saturated heterocycles. The lowest BCUT2D eigenvalue weighted by atomic mass is 10.0. The second kappa shape index (κ2) is 8.32. The molecule has 154 valence electrons. The molecule has 0 atom stereocenters. The molecule has 1 aliphatic rings. The van der Waals surface area contributed by atoms with Gasteiger partial charge in [0.15, 0.2) is 0 Å². The summed E-state index contributed by atoms with van der Waals surface area (Å²) >= 11 is 0. The van der Waals surface area contributed by atoms with Gasteiger partial charge in [0, 0.05) is 16.8 Å². The predicted molar refractivity (Wildman–Crippen MR) is 120 cm³/mol. The molecule has 0 aliphatic carbocycles. The average molecular weight is 421 g/mol. The number of sulfonamides is 1. The van der Waals surface area contributed by atoms with Crippen LogP contribution in [0.2, 0.25) is 0 Å². The Balaban J connectivity index is 1.57. The summed E-state index contributed by atoms with van der Waals surface area (Å²) in [5.74, 6) is -0.380. The van der Waals surface area contributed by atoms with Crippen LogP contribution < -0.4 is 9.62 Å². The lowest BCUT2D eigenvalue weighted by Crippen LogP contribution is -2.40. The van der Waals surface area contributed by atoms with E-state index in [4.69, 9.17) is 0 Å². The third kappa shape index (κ3) is 3.83. The maximum Gasteiger partial charge on any atom is 0.265 e. The molecule has 30 heavy (non-hydrogen) atoms. The largest absolute Gasteiger partial charge is 0.325 e. The zero-order chi connectivity index (χ0) is 21.1. The highest BCUT2D eigenvalue weighted by Gasteiger charge is 2.35. The van der Waals surface area contributed by atoms with Crippen LogP contribution in [0, 0.1) is 0 Å². The minimum atomic E-state index is -3.83. The molecule has 0 unspecified atom stereocenters. The first-order valence-corrected chi connectivity index (χ1v) is 11.5. The highest BCUT2D eigenvalue weighted by Crippen LogP contribution is 2.42. The Labute approximate surface area is 177 Å². The van der Waals surface area contributed by atoms with E-state index in [1.807, 2.05) is 42.5 Å².